The van der Waals surface area contributed by atoms with E-state index in [1.54, 1.807) is 0 Å². The number of aliphatic hydroxyl groups excluding tert-OH is 3. The molecule has 0 bridgehead atoms. The van der Waals surface area contributed by atoms with Crippen molar-refractivity contribution in [3.63, 3.8) is 0 Å². The first-order chi connectivity index (χ1) is 8.84. The van der Waals surface area contributed by atoms with Gasteiger partial charge in [0.05, 0.1) is 19.3 Å². The highest BCUT2D eigenvalue weighted by Crippen LogP contribution is 2.17. The number of aliphatic hydroxyl groups is 3. The van der Waals surface area contributed by atoms with Crippen LogP contribution in [0.5, 0.6) is 0 Å². The maximum absolute atomic E-state index is 11.6. The van der Waals surface area contributed by atoms with Crippen LogP contribution in [0, 0.1) is 0 Å². The molecular weight excluding hydrogens is 256 g/mol. The molecule has 0 aliphatic heterocycles. The number of nitrogens with two attached hydrogens (primary N) is 2. The molecule has 108 valence electrons. The van der Waals surface area contributed by atoms with Crippen molar-refractivity contribution in [1.29, 1.82) is 0 Å². The first-order valence-corrected chi connectivity index (χ1v) is 5.55. The van der Waals surface area contributed by atoms with Crippen LogP contribution in [-0.2, 0) is 4.74 Å². The van der Waals surface area contributed by atoms with Crippen LogP contribution in [0.4, 0.5) is 5.82 Å². The first-order valence-electron chi connectivity index (χ1n) is 5.55. The van der Waals surface area contributed by atoms with E-state index < -0.39 is 37.0 Å². The predicted octanol–water partition coefficient (Wildman–Crippen LogP) is -2.64. The highest BCUT2D eigenvalue weighted by atomic mass is 16.6. The molecule has 0 fully saturated rings. The summed E-state index contributed by atoms with van der Waals surface area (Å²) in [5, 5.41) is 27.9. The highest BCUT2D eigenvalue weighted by molar-refractivity contribution is 5.23. The minimum Gasteiger partial charge on any atom is -0.392 e. The van der Waals surface area contributed by atoms with Crippen molar-refractivity contribution in [2.24, 2.45) is 5.73 Å². The monoisotopic (exact) mass is 274 g/mol. The van der Waals surface area contributed by atoms with E-state index in [0.29, 0.717) is 0 Å². The molecule has 1 heterocycles. The van der Waals surface area contributed by atoms with Crippen LogP contribution in [0.15, 0.2) is 17.1 Å². The van der Waals surface area contributed by atoms with Gasteiger partial charge in [0, 0.05) is 6.20 Å². The minimum absolute atomic E-state index is 0.0228. The van der Waals surface area contributed by atoms with Crippen molar-refractivity contribution in [1.82, 2.24) is 9.55 Å². The van der Waals surface area contributed by atoms with Crippen LogP contribution < -0.4 is 17.2 Å². The Hall–Kier alpha value is -1.52. The van der Waals surface area contributed by atoms with E-state index in [1.165, 1.54) is 19.2 Å². The largest absolute Gasteiger partial charge is 0.392 e. The standard InChI is InChI=1S/C10H18N4O5/c1-6(17)10(12,5-16)19-8(4-15)14-3-2-7(11)13-9(14)18/h2-3,6,8,15-17H,4-5,12H2,1H3,(H2,11,13,18)/t6-,8+,10+/m0/s1. The highest BCUT2D eigenvalue weighted by Gasteiger charge is 2.35. The van der Waals surface area contributed by atoms with Gasteiger partial charge in [-0.2, -0.15) is 4.98 Å². The second-order valence-corrected chi connectivity index (χ2v) is 4.09. The lowest BCUT2D eigenvalue weighted by atomic mass is 10.1. The van der Waals surface area contributed by atoms with Crippen molar-refractivity contribution in [2.45, 2.75) is 25.0 Å². The zero-order valence-electron chi connectivity index (χ0n) is 10.4. The smallest absolute Gasteiger partial charge is 0.351 e. The summed E-state index contributed by atoms with van der Waals surface area (Å²) in [5.74, 6) is 0.0228. The quantitative estimate of drug-likeness (QED) is 0.352. The van der Waals surface area contributed by atoms with Gasteiger partial charge in [0.2, 0.25) is 0 Å². The molecule has 0 saturated heterocycles. The lowest BCUT2D eigenvalue weighted by Crippen LogP contribution is -2.57. The van der Waals surface area contributed by atoms with Gasteiger partial charge in [-0.25, -0.2) is 4.79 Å². The predicted molar refractivity (Wildman–Crippen MR) is 65.8 cm³/mol. The van der Waals surface area contributed by atoms with Gasteiger partial charge in [-0.1, -0.05) is 0 Å². The number of anilines is 1. The molecule has 3 atom stereocenters. The van der Waals surface area contributed by atoms with Gasteiger partial charge in [0.15, 0.2) is 12.0 Å². The summed E-state index contributed by atoms with van der Waals surface area (Å²) < 4.78 is 6.17. The molecule has 9 heteroatoms. The summed E-state index contributed by atoms with van der Waals surface area (Å²) in [7, 11) is 0. The Balaban J connectivity index is 3.04. The summed E-state index contributed by atoms with van der Waals surface area (Å²) >= 11 is 0. The summed E-state index contributed by atoms with van der Waals surface area (Å²) in [5.41, 5.74) is 8.42. The lowest BCUT2D eigenvalue weighted by Gasteiger charge is -2.34. The molecule has 0 aromatic carbocycles. The molecule has 0 amide bonds. The molecule has 19 heavy (non-hydrogen) atoms. The molecule has 0 aliphatic carbocycles. The molecule has 1 rings (SSSR count). The van der Waals surface area contributed by atoms with E-state index in [-0.39, 0.29) is 5.82 Å². The third-order valence-electron chi connectivity index (χ3n) is 2.63. The maximum atomic E-state index is 11.6. The number of rotatable bonds is 6. The Morgan fingerprint density at radius 1 is 1.58 bits per heavy atom. The topological polar surface area (TPSA) is 157 Å². The fraction of sp³-hybridized carbons (Fsp3) is 0.600. The molecule has 9 nitrogen and oxygen atoms in total. The van der Waals surface area contributed by atoms with Gasteiger partial charge in [-0.15, -0.1) is 0 Å². The first kappa shape index (κ1) is 15.5. The second-order valence-electron chi connectivity index (χ2n) is 4.09. The van der Waals surface area contributed by atoms with Crippen molar-refractivity contribution in [2.75, 3.05) is 18.9 Å². The number of hydrogen-bond donors (Lipinski definition) is 5. The van der Waals surface area contributed by atoms with Crippen LogP contribution in [0.2, 0.25) is 0 Å². The fourth-order valence-electron chi connectivity index (χ4n) is 1.35. The number of nitrogens with zero attached hydrogens (tertiary/aromatic N) is 2. The van der Waals surface area contributed by atoms with Crippen LogP contribution in [0.25, 0.3) is 0 Å². The minimum atomic E-state index is -1.81. The van der Waals surface area contributed by atoms with Crippen LogP contribution in [0.3, 0.4) is 0 Å². The van der Waals surface area contributed by atoms with Crippen molar-refractivity contribution >= 4 is 5.82 Å². The van der Waals surface area contributed by atoms with E-state index >= 15 is 0 Å². The van der Waals surface area contributed by atoms with Crippen LogP contribution >= 0.6 is 0 Å². The molecule has 1 aromatic heterocycles. The zero-order chi connectivity index (χ0) is 14.6. The van der Waals surface area contributed by atoms with Gasteiger partial charge < -0.3 is 25.8 Å². The summed E-state index contributed by atoms with van der Waals surface area (Å²) in [4.78, 5) is 15.1. The van der Waals surface area contributed by atoms with Crippen LogP contribution in [-0.4, -0.2) is 49.9 Å². The molecule has 0 spiro atoms. The average Bonchev–Trinajstić information content (AvgIpc) is 2.36. The van der Waals surface area contributed by atoms with Crippen LogP contribution in [0.1, 0.15) is 13.2 Å². The number of ether oxygens (including phenoxy) is 1. The lowest BCUT2D eigenvalue weighted by molar-refractivity contribution is -0.199. The third kappa shape index (κ3) is 3.49. The molecule has 0 saturated carbocycles. The molecule has 0 radical (unpaired) electrons. The van der Waals surface area contributed by atoms with Gasteiger partial charge in [-0.05, 0) is 13.0 Å². The molecule has 0 aliphatic rings. The van der Waals surface area contributed by atoms with Gasteiger partial charge in [0.25, 0.3) is 0 Å². The van der Waals surface area contributed by atoms with Gasteiger partial charge in [0.1, 0.15) is 5.82 Å². The normalized spacial score (nSPS) is 17.7. The average molecular weight is 274 g/mol. The number of aromatic nitrogens is 2. The van der Waals surface area contributed by atoms with E-state index in [4.69, 9.17) is 21.3 Å². The van der Waals surface area contributed by atoms with Gasteiger partial charge in [-0.3, -0.25) is 10.3 Å². The number of nitrogen functional groups attached to an aromatic ring is 1. The summed E-state index contributed by atoms with van der Waals surface area (Å²) in [6, 6.07) is 1.34. The maximum Gasteiger partial charge on any atom is 0.351 e. The Bertz CT molecular complexity index is 477. The Labute approximate surface area is 109 Å². The fourth-order valence-corrected chi connectivity index (χ4v) is 1.35. The summed E-state index contributed by atoms with van der Waals surface area (Å²) in [6.45, 7) is 0.0180. The second kappa shape index (κ2) is 6.08. The van der Waals surface area contributed by atoms with Crippen molar-refractivity contribution in [3.8, 4) is 0 Å². The summed E-state index contributed by atoms with van der Waals surface area (Å²) in [6.07, 6.45) is -1.15. The Kier molecular flexibility index (Phi) is 4.97. The van der Waals surface area contributed by atoms with Crippen molar-refractivity contribution < 1.29 is 20.1 Å². The van der Waals surface area contributed by atoms with Gasteiger partial charge >= 0.3 is 5.69 Å². The van der Waals surface area contributed by atoms with E-state index in [0.717, 1.165) is 4.57 Å². The van der Waals surface area contributed by atoms with E-state index in [9.17, 15) is 15.0 Å². The zero-order valence-corrected chi connectivity index (χ0v) is 10.4. The Morgan fingerprint density at radius 3 is 2.63 bits per heavy atom. The molecule has 0 unspecified atom stereocenters. The Morgan fingerprint density at radius 2 is 2.21 bits per heavy atom. The molecule has 1 aromatic rings. The van der Waals surface area contributed by atoms with E-state index in [1.807, 2.05) is 0 Å². The van der Waals surface area contributed by atoms with E-state index in [2.05, 4.69) is 4.98 Å². The number of hydrogen-bond acceptors (Lipinski definition) is 8. The molecular formula is C10H18N4O5. The molecule has 7 N–H and O–H groups in total. The third-order valence-corrected chi connectivity index (χ3v) is 2.63. The SMILES string of the molecule is C[C@H](O)[C@@](N)(CO)O[C@H](CO)n1ccc(N)nc1=O. The van der Waals surface area contributed by atoms with Crippen molar-refractivity contribution in [3.05, 3.63) is 22.7 Å².